The number of β-amino-alcohol motifs (C(OH)–C–C–N with tert-alkyl or cyclic N) is 1. The zero-order valence-electron chi connectivity index (χ0n) is 12.4. The van der Waals surface area contributed by atoms with Gasteiger partial charge in [0.05, 0.1) is 19.7 Å². The lowest BCUT2D eigenvalue weighted by Crippen LogP contribution is -2.65. The Kier molecular flexibility index (Phi) is 4.33. The third-order valence-corrected chi connectivity index (χ3v) is 3.85. The predicted octanol–water partition coefficient (Wildman–Crippen LogP) is 2.32. The molecule has 0 aromatic heterocycles. The van der Waals surface area contributed by atoms with Crippen LogP contribution in [-0.2, 0) is 0 Å². The van der Waals surface area contributed by atoms with Gasteiger partial charge < -0.3 is 14.7 Å². The molecule has 0 bridgehead atoms. The molecule has 1 N–H and O–H groups in total. The van der Waals surface area contributed by atoms with E-state index in [1.54, 1.807) is 17.0 Å². The second-order valence-corrected chi connectivity index (χ2v) is 5.80. The number of hydrogen-bond donors (Lipinski definition) is 1. The van der Waals surface area contributed by atoms with Gasteiger partial charge in [0.15, 0.2) is 0 Å². The monoisotopic (exact) mass is 277 g/mol. The molecule has 1 amide bonds. The molecule has 1 aliphatic heterocycles. The van der Waals surface area contributed by atoms with E-state index in [0.717, 1.165) is 12.2 Å². The first-order chi connectivity index (χ1) is 9.46. The average Bonchev–Trinajstić information content (AvgIpc) is 2.41. The van der Waals surface area contributed by atoms with Crippen LogP contribution in [0.25, 0.3) is 0 Å². The van der Waals surface area contributed by atoms with Crippen LogP contribution in [0.15, 0.2) is 24.3 Å². The van der Waals surface area contributed by atoms with E-state index >= 15 is 0 Å². The van der Waals surface area contributed by atoms with E-state index in [1.807, 2.05) is 32.9 Å². The third-order valence-electron chi connectivity index (χ3n) is 3.85. The van der Waals surface area contributed by atoms with Gasteiger partial charge in [-0.2, -0.15) is 0 Å². The molecule has 1 aromatic rings. The smallest absolute Gasteiger partial charge is 0.254 e. The summed E-state index contributed by atoms with van der Waals surface area (Å²) >= 11 is 0. The fraction of sp³-hybridized carbons (Fsp3) is 0.562. The van der Waals surface area contributed by atoms with Crippen molar-refractivity contribution in [3.8, 4) is 5.75 Å². The zero-order valence-corrected chi connectivity index (χ0v) is 12.4. The lowest BCUT2D eigenvalue weighted by molar-refractivity contribution is -0.110. The van der Waals surface area contributed by atoms with Crippen molar-refractivity contribution in [2.45, 2.75) is 32.8 Å². The van der Waals surface area contributed by atoms with Gasteiger partial charge in [-0.05, 0) is 30.5 Å². The fourth-order valence-electron chi connectivity index (χ4n) is 2.24. The van der Waals surface area contributed by atoms with Crippen LogP contribution in [0, 0.1) is 5.92 Å². The molecule has 1 aromatic carbocycles. The topological polar surface area (TPSA) is 49.8 Å². The molecule has 0 saturated carbocycles. The zero-order chi connectivity index (χ0) is 14.8. The Hall–Kier alpha value is -1.55. The molecule has 0 aliphatic carbocycles. The Labute approximate surface area is 120 Å². The Morgan fingerprint density at radius 3 is 2.75 bits per heavy atom. The molecule has 1 aliphatic rings. The quantitative estimate of drug-likeness (QED) is 0.898. The summed E-state index contributed by atoms with van der Waals surface area (Å²) in [6.45, 7) is 7.45. The summed E-state index contributed by atoms with van der Waals surface area (Å²) in [7, 11) is 0. The molecule has 110 valence electrons. The second kappa shape index (κ2) is 5.83. The van der Waals surface area contributed by atoms with Crippen LogP contribution in [0.4, 0.5) is 0 Å². The highest BCUT2D eigenvalue weighted by Crippen LogP contribution is 2.30. The van der Waals surface area contributed by atoms with Gasteiger partial charge in [-0.15, -0.1) is 0 Å². The summed E-state index contributed by atoms with van der Waals surface area (Å²) in [5.41, 5.74) is -0.115. The van der Waals surface area contributed by atoms with Gasteiger partial charge >= 0.3 is 0 Å². The van der Waals surface area contributed by atoms with E-state index in [2.05, 4.69) is 0 Å². The largest absolute Gasteiger partial charge is 0.494 e. The highest BCUT2D eigenvalue weighted by molar-refractivity contribution is 5.95. The Morgan fingerprint density at radius 1 is 1.45 bits per heavy atom. The van der Waals surface area contributed by atoms with Crippen LogP contribution in [0.3, 0.4) is 0 Å². The van der Waals surface area contributed by atoms with Gasteiger partial charge in [-0.25, -0.2) is 0 Å². The van der Waals surface area contributed by atoms with Crippen molar-refractivity contribution in [1.82, 2.24) is 4.90 Å². The summed E-state index contributed by atoms with van der Waals surface area (Å²) in [6, 6.07) is 7.23. The van der Waals surface area contributed by atoms with E-state index in [4.69, 9.17) is 4.74 Å². The molecule has 0 spiro atoms. The molecule has 4 heteroatoms. The van der Waals surface area contributed by atoms with Crippen LogP contribution in [0.1, 0.15) is 37.6 Å². The van der Waals surface area contributed by atoms with Crippen molar-refractivity contribution in [3.63, 3.8) is 0 Å². The van der Waals surface area contributed by atoms with Crippen molar-refractivity contribution in [3.05, 3.63) is 29.8 Å². The number of likely N-dealkylation sites (tertiary alicyclic amines) is 1. The van der Waals surface area contributed by atoms with Crippen molar-refractivity contribution >= 4 is 5.91 Å². The molecule has 4 nitrogen and oxygen atoms in total. The van der Waals surface area contributed by atoms with Crippen molar-refractivity contribution in [1.29, 1.82) is 0 Å². The summed E-state index contributed by atoms with van der Waals surface area (Å²) in [5.74, 6) is 0.834. The van der Waals surface area contributed by atoms with E-state index in [1.165, 1.54) is 0 Å². The molecule has 0 radical (unpaired) electrons. The maximum absolute atomic E-state index is 12.3. The van der Waals surface area contributed by atoms with Gasteiger partial charge in [-0.3, -0.25) is 4.79 Å². The standard InChI is InChI=1S/C16H23NO3/c1-4-8-20-14-7-5-6-13(9-14)15(18)17-10-16(19,11-17)12(2)3/h5-7,9,12,19H,4,8,10-11H2,1-3H3. The lowest BCUT2D eigenvalue weighted by Gasteiger charge is -2.49. The highest BCUT2D eigenvalue weighted by Gasteiger charge is 2.45. The normalized spacial score (nSPS) is 16.9. The Bertz CT molecular complexity index is 478. The molecule has 1 saturated heterocycles. The van der Waals surface area contributed by atoms with Crippen molar-refractivity contribution in [2.75, 3.05) is 19.7 Å². The number of rotatable bonds is 5. The van der Waals surface area contributed by atoms with Crippen molar-refractivity contribution < 1.29 is 14.6 Å². The maximum Gasteiger partial charge on any atom is 0.254 e. The van der Waals surface area contributed by atoms with Gasteiger partial charge in [0.2, 0.25) is 0 Å². The van der Waals surface area contributed by atoms with Gasteiger partial charge in [0, 0.05) is 5.56 Å². The molecular formula is C16H23NO3. The fourth-order valence-corrected chi connectivity index (χ4v) is 2.24. The van der Waals surface area contributed by atoms with E-state index in [9.17, 15) is 9.90 Å². The SMILES string of the molecule is CCCOc1cccc(C(=O)N2CC(O)(C(C)C)C2)c1. The first-order valence-electron chi connectivity index (χ1n) is 7.21. The maximum atomic E-state index is 12.3. The summed E-state index contributed by atoms with van der Waals surface area (Å²) in [5, 5.41) is 10.2. The minimum atomic E-state index is -0.730. The molecule has 20 heavy (non-hydrogen) atoms. The number of aliphatic hydroxyl groups is 1. The number of benzene rings is 1. The van der Waals surface area contributed by atoms with Crippen LogP contribution in [-0.4, -0.2) is 41.2 Å². The van der Waals surface area contributed by atoms with E-state index in [-0.39, 0.29) is 11.8 Å². The van der Waals surface area contributed by atoms with Gasteiger partial charge in [0.1, 0.15) is 11.4 Å². The number of carbonyl (C=O) groups excluding carboxylic acids is 1. The number of ether oxygens (including phenoxy) is 1. The first-order valence-corrected chi connectivity index (χ1v) is 7.21. The molecule has 2 rings (SSSR count). The third kappa shape index (κ3) is 2.96. The van der Waals surface area contributed by atoms with Crippen molar-refractivity contribution in [2.24, 2.45) is 5.92 Å². The Balaban J connectivity index is 2.00. The lowest BCUT2D eigenvalue weighted by atomic mass is 9.82. The number of nitrogens with zero attached hydrogens (tertiary/aromatic N) is 1. The van der Waals surface area contributed by atoms with E-state index < -0.39 is 5.60 Å². The van der Waals surface area contributed by atoms with Crippen LogP contribution < -0.4 is 4.74 Å². The van der Waals surface area contributed by atoms with Crippen LogP contribution in [0.5, 0.6) is 5.75 Å². The minimum Gasteiger partial charge on any atom is -0.494 e. The van der Waals surface area contributed by atoms with Crippen LogP contribution >= 0.6 is 0 Å². The summed E-state index contributed by atoms with van der Waals surface area (Å²) < 4.78 is 5.54. The molecule has 1 heterocycles. The van der Waals surface area contributed by atoms with Gasteiger partial charge in [0.25, 0.3) is 5.91 Å². The second-order valence-electron chi connectivity index (χ2n) is 5.80. The Morgan fingerprint density at radius 2 is 2.15 bits per heavy atom. The number of amides is 1. The highest BCUT2D eigenvalue weighted by atomic mass is 16.5. The minimum absolute atomic E-state index is 0.0442. The molecular weight excluding hydrogens is 254 g/mol. The first kappa shape index (κ1) is 14.9. The summed E-state index contributed by atoms with van der Waals surface area (Å²) in [6.07, 6.45) is 0.936. The summed E-state index contributed by atoms with van der Waals surface area (Å²) in [4.78, 5) is 14.0. The number of carbonyl (C=O) groups is 1. The molecule has 0 atom stereocenters. The number of hydrogen-bond acceptors (Lipinski definition) is 3. The van der Waals surface area contributed by atoms with Crippen LogP contribution in [0.2, 0.25) is 0 Å². The molecule has 0 unspecified atom stereocenters. The predicted molar refractivity (Wildman–Crippen MR) is 77.9 cm³/mol. The average molecular weight is 277 g/mol. The molecule has 1 fully saturated rings. The van der Waals surface area contributed by atoms with Gasteiger partial charge in [-0.1, -0.05) is 26.8 Å². The van der Waals surface area contributed by atoms with E-state index in [0.29, 0.717) is 25.3 Å².